The first kappa shape index (κ1) is 20.7. The molecule has 0 bridgehead atoms. The van der Waals surface area contributed by atoms with Gasteiger partial charge in [-0.15, -0.1) is 0 Å². The average molecular weight is 433 g/mol. The number of carbonyl (C=O) groups is 3. The summed E-state index contributed by atoms with van der Waals surface area (Å²) in [4.78, 5) is 39.2. The molecule has 2 aromatic carbocycles. The number of anilines is 2. The van der Waals surface area contributed by atoms with E-state index in [1.807, 2.05) is 0 Å². The van der Waals surface area contributed by atoms with Crippen molar-refractivity contribution in [3.8, 4) is 0 Å². The van der Waals surface area contributed by atoms with Gasteiger partial charge in [-0.25, -0.2) is 4.79 Å². The fourth-order valence-electron chi connectivity index (χ4n) is 5.93. The minimum Gasteiger partial charge on any atom is -0.459 e. The topological polar surface area (TPSA) is 112 Å². The zero-order chi connectivity index (χ0) is 22.6. The van der Waals surface area contributed by atoms with E-state index in [0.29, 0.717) is 11.5 Å². The van der Waals surface area contributed by atoms with Gasteiger partial charge >= 0.3 is 5.97 Å². The second-order valence-electron chi connectivity index (χ2n) is 9.66. The highest BCUT2D eigenvalue weighted by molar-refractivity contribution is 6.31. The number of nitrogen functional groups attached to an aromatic ring is 2. The monoisotopic (exact) mass is 432 g/mol. The maximum atomic E-state index is 13.1. The van der Waals surface area contributed by atoms with Gasteiger partial charge in [0.15, 0.2) is 11.6 Å². The van der Waals surface area contributed by atoms with Crippen molar-refractivity contribution in [1.82, 2.24) is 0 Å². The Kier molecular flexibility index (Phi) is 5.03. The van der Waals surface area contributed by atoms with Crippen LogP contribution in [0, 0.1) is 17.8 Å². The first-order chi connectivity index (χ1) is 15.3. The number of nitrogens with two attached hydrogens (primary N) is 2. The van der Waals surface area contributed by atoms with Gasteiger partial charge < -0.3 is 16.2 Å². The minimum absolute atomic E-state index is 0.0105. The molecular formula is C26H28N2O4. The number of rotatable bonds is 2. The van der Waals surface area contributed by atoms with Crippen molar-refractivity contribution < 1.29 is 19.1 Å². The summed E-state index contributed by atoms with van der Waals surface area (Å²) in [7, 11) is 0. The Morgan fingerprint density at radius 2 is 1.56 bits per heavy atom. The summed E-state index contributed by atoms with van der Waals surface area (Å²) in [5.74, 6) is 0.769. The largest absolute Gasteiger partial charge is 0.459 e. The number of hydrogen-bond donors (Lipinski definition) is 2. The average Bonchev–Trinajstić information content (AvgIpc) is 2.77. The molecule has 0 aliphatic heterocycles. The standard InChI is InChI=1S/C26H28N2O4/c1-13-6-7-15-11-16(9-8-14(15)10-13)32-26(31)22-20(27)12-19-21(23(22)28)25(30)18-5-3-2-4-17(18)24(19)29/h2-5,12-16H,6-11,27-28H2,1H3/t13?,14-,15?,16-/m1/s1. The molecule has 5 rings (SSSR count). The van der Waals surface area contributed by atoms with Gasteiger partial charge in [0.05, 0.1) is 11.3 Å². The fourth-order valence-corrected chi connectivity index (χ4v) is 5.93. The van der Waals surface area contributed by atoms with E-state index in [0.717, 1.165) is 31.1 Å². The van der Waals surface area contributed by atoms with Crippen LogP contribution in [0.25, 0.3) is 0 Å². The maximum Gasteiger partial charge on any atom is 0.342 e. The van der Waals surface area contributed by atoms with Crippen molar-refractivity contribution in [3.63, 3.8) is 0 Å². The summed E-state index contributed by atoms with van der Waals surface area (Å²) in [6, 6.07) is 7.98. The van der Waals surface area contributed by atoms with Crippen molar-refractivity contribution >= 4 is 28.9 Å². The van der Waals surface area contributed by atoms with Crippen LogP contribution in [-0.2, 0) is 4.74 Å². The predicted octanol–water partition coefficient (Wildman–Crippen LogP) is 4.39. The fraction of sp³-hybridized carbons (Fsp3) is 0.423. The van der Waals surface area contributed by atoms with Crippen LogP contribution in [0.2, 0.25) is 0 Å². The third-order valence-corrected chi connectivity index (χ3v) is 7.59. The lowest BCUT2D eigenvalue weighted by Crippen LogP contribution is -2.35. The van der Waals surface area contributed by atoms with E-state index in [4.69, 9.17) is 16.2 Å². The van der Waals surface area contributed by atoms with Crippen LogP contribution in [0.3, 0.4) is 0 Å². The molecule has 32 heavy (non-hydrogen) atoms. The van der Waals surface area contributed by atoms with Crippen molar-refractivity contribution in [2.24, 2.45) is 17.8 Å². The first-order valence-electron chi connectivity index (χ1n) is 11.5. The van der Waals surface area contributed by atoms with E-state index in [-0.39, 0.29) is 51.3 Å². The van der Waals surface area contributed by atoms with Gasteiger partial charge in [0.25, 0.3) is 0 Å². The Morgan fingerprint density at radius 1 is 0.906 bits per heavy atom. The summed E-state index contributed by atoms with van der Waals surface area (Å²) in [6.45, 7) is 2.31. The third kappa shape index (κ3) is 3.29. The van der Waals surface area contributed by atoms with Crippen LogP contribution < -0.4 is 11.5 Å². The molecule has 166 valence electrons. The normalized spacial score (nSPS) is 26.7. The molecule has 0 aromatic heterocycles. The predicted molar refractivity (Wildman–Crippen MR) is 122 cm³/mol. The molecule has 0 amide bonds. The summed E-state index contributed by atoms with van der Waals surface area (Å²) in [5, 5.41) is 0. The minimum atomic E-state index is -0.616. The number of carbonyl (C=O) groups excluding carboxylic acids is 3. The smallest absolute Gasteiger partial charge is 0.342 e. The van der Waals surface area contributed by atoms with Gasteiger partial charge in [-0.2, -0.15) is 0 Å². The van der Waals surface area contributed by atoms with Gasteiger partial charge in [-0.1, -0.05) is 37.6 Å². The Labute approximate surface area is 187 Å². The van der Waals surface area contributed by atoms with Crippen molar-refractivity contribution in [3.05, 3.63) is 58.1 Å². The van der Waals surface area contributed by atoms with E-state index < -0.39 is 5.97 Å². The molecule has 0 spiro atoms. The third-order valence-electron chi connectivity index (χ3n) is 7.59. The molecule has 3 aliphatic carbocycles. The van der Waals surface area contributed by atoms with Gasteiger partial charge in [0, 0.05) is 22.4 Å². The SMILES string of the molecule is CC1CCC2C[C@H](OC(=O)c3c(N)cc4c(c3N)C(=O)c3ccccc3C4=O)CC[C@@H]2C1. The molecule has 2 aromatic rings. The quantitative estimate of drug-likeness (QED) is 0.459. The van der Waals surface area contributed by atoms with Gasteiger partial charge in [-0.05, 0) is 55.9 Å². The number of fused-ring (bicyclic) bond motifs is 3. The molecule has 2 unspecified atom stereocenters. The molecule has 3 aliphatic rings. The lowest BCUT2D eigenvalue weighted by Gasteiger charge is -2.41. The molecule has 2 saturated carbocycles. The van der Waals surface area contributed by atoms with Crippen LogP contribution in [-0.4, -0.2) is 23.6 Å². The van der Waals surface area contributed by atoms with E-state index in [1.165, 1.54) is 25.3 Å². The zero-order valence-corrected chi connectivity index (χ0v) is 18.2. The lowest BCUT2D eigenvalue weighted by molar-refractivity contribution is -0.00473. The Bertz CT molecular complexity index is 1140. The molecule has 0 radical (unpaired) electrons. The Balaban J connectivity index is 1.42. The van der Waals surface area contributed by atoms with Crippen LogP contribution in [0.1, 0.15) is 87.6 Å². The van der Waals surface area contributed by atoms with Crippen molar-refractivity contribution in [2.45, 2.75) is 51.6 Å². The molecule has 4 N–H and O–H groups in total. The summed E-state index contributed by atoms with van der Waals surface area (Å²) >= 11 is 0. The second-order valence-corrected chi connectivity index (χ2v) is 9.66. The highest BCUT2D eigenvalue weighted by Gasteiger charge is 2.38. The number of hydrogen-bond acceptors (Lipinski definition) is 6. The van der Waals surface area contributed by atoms with Gasteiger partial charge in [0.1, 0.15) is 11.7 Å². The number of ether oxygens (including phenoxy) is 1. The van der Waals surface area contributed by atoms with E-state index in [2.05, 4.69) is 6.92 Å². The second kappa shape index (κ2) is 7.76. The highest BCUT2D eigenvalue weighted by atomic mass is 16.5. The first-order valence-corrected chi connectivity index (χ1v) is 11.5. The molecule has 0 saturated heterocycles. The highest BCUT2D eigenvalue weighted by Crippen LogP contribution is 2.44. The van der Waals surface area contributed by atoms with Crippen LogP contribution in [0.4, 0.5) is 11.4 Å². The molecule has 0 heterocycles. The zero-order valence-electron chi connectivity index (χ0n) is 18.2. The van der Waals surface area contributed by atoms with Crippen LogP contribution in [0.5, 0.6) is 0 Å². The summed E-state index contributed by atoms with van der Waals surface area (Å²) in [6.07, 6.45) is 6.24. The lowest BCUT2D eigenvalue weighted by atomic mass is 9.67. The molecule has 2 fully saturated rings. The molecular weight excluding hydrogens is 404 g/mol. The van der Waals surface area contributed by atoms with Crippen LogP contribution >= 0.6 is 0 Å². The van der Waals surface area contributed by atoms with Gasteiger partial charge in [-0.3, -0.25) is 9.59 Å². The maximum absolute atomic E-state index is 13.1. The van der Waals surface area contributed by atoms with E-state index in [9.17, 15) is 14.4 Å². The Hall–Kier alpha value is -3.15. The Morgan fingerprint density at radius 3 is 2.31 bits per heavy atom. The molecule has 4 atom stereocenters. The van der Waals surface area contributed by atoms with Gasteiger partial charge in [0.2, 0.25) is 0 Å². The summed E-state index contributed by atoms with van der Waals surface area (Å²) in [5.41, 5.74) is 13.2. The number of esters is 1. The van der Waals surface area contributed by atoms with Crippen molar-refractivity contribution in [2.75, 3.05) is 11.5 Å². The number of benzene rings is 2. The van der Waals surface area contributed by atoms with E-state index >= 15 is 0 Å². The molecule has 6 heteroatoms. The summed E-state index contributed by atoms with van der Waals surface area (Å²) < 4.78 is 5.84. The van der Waals surface area contributed by atoms with E-state index in [1.54, 1.807) is 24.3 Å². The number of ketones is 2. The molecule has 6 nitrogen and oxygen atoms in total. The van der Waals surface area contributed by atoms with Crippen molar-refractivity contribution in [1.29, 1.82) is 0 Å². The van der Waals surface area contributed by atoms with Crippen LogP contribution in [0.15, 0.2) is 30.3 Å².